The van der Waals surface area contributed by atoms with E-state index in [1.165, 1.54) is 32.1 Å². The van der Waals surface area contributed by atoms with E-state index in [4.69, 9.17) is 4.74 Å². The molecule has 1 N–H and O–H groups in total. The fraction of sp³-hybridized carbons (Fsp3) is 0.938. The molecule has 1 aliphatic heterocycles. The van der Waals surface area contributed by atoms with Crippen LogP contribution in [0.3, 0.4) is 0 Å². The first-order valence-corrected chi connectivity index (χ1v) is 8.18. The summed E-state index contributed by atoms with van der Waals surface area (Å²) in [5.74, 6) is 0.968. The number of morpholine rings is 1. The van der Waals surface area contributed by atoms with Crippen LogP contribution in [0.25, 0.3) is 0 Å². The summed E-state index contributed by atoms with van der Waals surface area (Å²) in [7, 11) is 0. The van der Waals surface area contributed by atoms with Crippen molar-refractivity contribution in [2.75, 3.05) is 39.4 Å². The van der Waals surface area contributed by atoms with Crippen LogP contribution in [0.1, 0.15) is 46.0 Å². The van der Waals surface area contributed by atoms with Crippen LogP contribution in [-0.4, -0.2) is 50.2 Å². The molecule has 0 atom stereocenters. The Balaban J connectivity index is 1.74. The lowest BCUT2D eigenvalue weighted by atomic mass is 9.78. The molecule has 1 heterocycles. The van der Waals surface area contributed by atoms with Gasteiger partial charge in [0.1, 0.15) is 0 Å². The highest BCUT2D eigenvalue weighted by Gasteiger charge is 2.34. The Kier molecular flexibility index (Phi) is 5.85. The van der Waals surface area contributed by atoms with E-state index in [1.54, 1.807) is 0 Å². The molecule has 1 amide bonds. The third-order valence-corrected chi connectivity index (χ3v) is 4.65. The van der Waals surface area contributed by atoms with Crippen LogP contribution in [-0.2, 0) is 9.53 Å². The van der Waals surface area contributed by atoms with Gasteiger partial charge in [0.05, 0.1) is 19.8 Å². The van der Waals surface area contributed by atoms with Crippen LogP contribution in [0.4, 0.5) is 0 Å². The van der Waals surface area contributed by atoms with Gasteiger partial charge in [-0.15, -0.1) is 0 Å². The molecule has 0 aromatic carbocycles. The van der Waals surface area contributed by atoms with Crippen molar-refractivity contribution in [3.63, 3.8) is 0 Å². The smallest absolute Gasteiger partial charge is 0.236 e. The lowest BCUT2D eigenvalue weighted by molar-refractivity contribution is -0.134. The highest BCUT2D eigenvalue weighted by atomic mass is 16.5. The summed E-state index contributed by atoms with van der Waals surface area (Å²) in [6.07, 6.45) is 6.64. The number of carbonyl (C=O) groups excluding carboxylic acids is 1. The molecule has 4 nitrogen and oxygen atoms in total. The van der Waals surface area contributed by atoms with Crippen molar-refractivity contribution in [2.45, 2.75) is 46.0 Å². The number of nitrogens with zero attached hydrogens (tertiary/aromatic N) is 1. The molecule has 20 heavy (non-hydrogen) atoms. The van der Waals surface area contributed by atoms with Gasteiger partial charge < -0.3 is 15.0 Å². The third-order valence-electron chi connectivity index (χ3n) is 4.65. The Morgan fingerprint density at radius 3 is 2.50 bits per heavy atom. The first-order valence-electron chi connectivity index (χ1n) is 8.18. The van der Waals surface area contributed by atoms with Gasteiger partial charge in [0.15, 0.2) is 0 Å². The van der Waals surface area contributed by atoms with Crippen LogP contribution in [0.5, 0.6) is 0 Å². The fourth-order valence-electron chi connectivity index (χ4n) is 3.80. The van der Waals surface area contributed by atoms with E-state index in [1.807, 2.05) is 4.90 Å². The molecule has 116 valence electrons. The van der Waals surface area contributed by atoms with E-state index in [2.05, 4.69) is 19.2 Å². The van der Waals surface area contributed by atoms with Crippen molar-refractivity contribution >= 4 is 5.91 Å². The Morgan fingerprint density at radius 1 is 1.25 bits per heavy atom. The summed E-state index contributed by atoms with van der Waals surface area (Å²) in [5, 5.41) is 3.44. The average molecular weight is 282 g/mol. The van der Waals surface area contributed by atoms with Gasteiger partial charge in [-0.2, -0.15) is 0 Å². The second-order valence-electron chi connectivity index (χ2n) is 6.90. The molecule has 2 rings (SSSR count). The first-order chi connectivity index (χ1) is 9.61. The molecule has 0 aromatic heterocycles. The predicted octanol–water partition coefficient (Wildman–Crippen LogP) is 2.04. The molecular weight excluding hydrogens is 252 g/mol. The van der Waals surface area contributed by atoms with Crippen molar-refractivity contribution in [2.24, 2.45) is 11.3 Å². The average Bonchev–Trinajstić information content (AvgIpc) is 2.87. The van der Waals surface area contributed by atoms with Gasteiger partial charge in [-0.05, 0) is 30.6 Å². The molecule has 0 unspecified atom stereocenters. The maximum atomic E-state index is 12.1. The molecule has 0 aromatic rings. The van der Waals surface area contributed by atoms with E-state index in [9.17, 15) is 4.79 Å². The number of rotatable bonds is 6. The highest BCUT2D eigenvalue weighted by Crippen LogP contribution is 2.42. The minimum absolute atomic E-state index is 0.228. The summed E-state index contributed by atoms with van der Waals surface area (Å²) >= 11 is 0. The number of carbonyl (C=O) groups is 1. The van der Waals surface area contributed by atoms with Gasteiger partial charge in [-0.25, -0.2) is 0 Å². The molecule has 1 saturated heterocycles. The van der Waals surface area contributed by atoms with Crippen molar-refractivity contribution in [3.8, 4) is 0 Å². The zero-order valence-corrected chi connectivity index (χ0v) is 13.1. The molecule has 4 heteroatoms. The van der Waals surface area contributed by atoms with Crippen molar-refractivity contribution in [1.29, 1.82) is 0 Å². The largest absolute Gasteiger partial charge is 0.378 e. The number of amides is 1. The third kappa shape index (κ3) is 4.45. The molecule has 1 aliphatic carbocycles. The second kappa shape index (κ2) is 7.41. The van der Waals surface area contributed by atoms with Gasteiger partial charge in [-0.3, -0.25) is 4.79 Å². The van der Waals surface area contributed by atoms with Crippen molar-refractivity contribution in [1.82, 2.24) is 10.2 Å². The van der Waals surface area contributed by atoms with Gasteiger partial charge >= 0.3 is 0 Å². The van der Waals surface area contributed by atoms with Gasteiger partial charge in [0, 0.05) is 19.6 Å². The quantitative estimate of drug-likeness (QED) is 0.810. The Morgan fingerprint density at radius 2 is 1.90 bits per heavy atom. The van der Waals surface area contributed by atoms with E-state index in [-0.39, 0.29) is 5.91 Å². The molecule has 2 fully saturated rings. The van der Waals surface area contributed by atoms with E-state index in [0.29, 0.717) is 25.2 Å². The summed E-state index contributed by atoms with van der Waals surface area (Å²) < 4.78 is 5.28. The standard InChI is InChI=1S/C16H30N2O2/c1-14(2)11-16(5-3-4-6-16)13-17-12-15(19)18-7-9-20-10-8-18/h14,17H,3-13H2,1-2H3. The number of hydrogen-bond acceptors (Lipinski definition) is 3. The SMILES string of the molecule is CC(C)CC1(CNCC(=O)N2CCOCC2)CCCC1. The molecule has 0 bridgehead atoms. The normalized spacial score (nSPS) is 22.4. The second-order valence-corrected chi connectivity index (χ2v) is 6.90. The van der Waals surface area contributed by atoms with Gasteiger partial charge in [0.25, 0.3) is 0 Å². The van der Waals surface area contributed by atoms with E-state index < -0.39 is 0 Å². The summed E-state index contributed by atoms with van der Waals surface area (Å²) in [6.45, 7) is 8.96. The molecular formula is C16H30N2O2. The van der Waals surface area contributed by atoms with Gasteiger partial charge in [-0.1, -0.05) is 26.7 Å². The van der Waals surface area contributed by atoms with Crippen LogP contribution in [0.2, 0.25) is 0 Å². The lowest BCUT2D eigenvalue weighted by Crippen LogP contribution is -2.46. The highest BCUT2D eigenvalue weighted by molar-refractivity contribution is 5.78. The predicted molar refractivity (Wildman–Crippen MR) is 80.6 cm³/mol. The minimum Gasteiger partial charge on any atom is -0.378 e. The topological polar surface area (TPSA) is 41.6 Å². The zero-order valence-electron chi connectivity index (χ0n) is 13.1. The lowest BCUT2D eigenvalue weighted by Gasteiger charge is -2.32. The number of ether oxygens (including phenoxy) is 1. The number of hydrogen-bond donors (Lipinski definition) is 1. The minimum atomic E-state index is 0.228. The molecule has 0 spiro atoms. The Bertz CT molecular complexity index is 306. The summed E-state index contributed by atoms with van der Waals surface area (Å²) in [5.41, 5.74) is 0.444. The molecule has 2 aliphatic rings. The van der Waals surface area contributed by atoms with Crippen LogP contribution in [0, 0.1) is 11.3 Å². The Hall–Kier alpha value is -0.610. The maximum absolute atomic E-state index is 12.1. The van der Waals surface area contributed by atoms with Crippen molar-refractivity contribution in [3.05, 3.63) is 0 Å². The monoisotopic (exact) mass is 282 g/mol. The van der Waals surface area contributed by atoms with Crippen LogP contribution >= 0.6 is 0 Å². The van der Waals surface area contributed by atoms with Crippen LogP contribution in [0.15, 0.2) is 0 Å². The summed E-state index contributed by atoms with van der Waals surface area (Å²) in [4.78, 5) is 14.0. The van der Waals surface area contributed by atoms with Gasteiger partial charge in [0.2, 0.25) is 5.91 Å². The van der Waals surface area contributed by atoms with E-state index in [0.717, 1.165) is 25.6 Å². The fourth-order valence-corrected chi connectivity index (χ4v) is 3.80. The van der Waals surface area contributed by atoms with E-state index >= 15 is 0 Å². The summed E-state index contributed by atoms with van der Waals surface area (Å²) in [6, 6.07) is 0. The maximum Gasteiger partial charge on any atom is 0.236 e. The zero-order chi connectivity index (χ0) is 14.4. The number of nitrogens with one attached hydrogen (secondary N) is 1. The Labute approximate surface area is 123 Å². The molecule has 0 radical (unpaired) electrons. The molecule has 1 saturated carbocycles. The first kappa shape index (κ1) is 15.8. The van der Waals surface area contributed by atoms with Crippen LogP contribution < -0.4 is 5.32 Å². The van der Waals surface area contributed by atoms with Crippen molar-refractivity contribution < 1.29 is 9.53 Å².